The second-order valence-electron chi connectivity index (χ2n) is 5.85. The molecule has 0 aliphatic heterocycles. The van der Waals surface area contributed by atoms with Crippen molar-refractivity contribution in [1.82, 2.24) is 5.32 Å². The van der Waals surface area contributed by atoms with E-state index in [1.54, 1.807) is 7.11 Å². The number of aliphatic hydroxyl groups excluding tert-OH is 1. The highest BCUT2D eigenvalue weighted by molar-refractivity contribution is 5.40. The SMILES string of the molecule is COc1ccc2c(c1)C(NCC(O)CC(C)C)CC2. The molecule has 1 aliphatic rings. The summed E-state index contributed by atoms with van der Waals surface area (Å²) in [6.07, 6.45) is 2.81. The molecule has 0 saturated carbocycles. The van der Waals surface area contributed by atoms with E-state index in [2.05, 4.69) is 31.3 Å². The van der Waals surface area contributed by atoms with Gasteiger partial charge in [-0.15, -0.1) is 0 Å². The van der Waals surface area contributed by atoms with Gasteiger partial charge in [0.05, 0.1) is 13.2 Å². The summed E-state index contributed by atoms with van der Waals surface area (Å²) in [5.41, 5.74) is 2.73. The van der Waals surface area contributed by atoms with Gasteiger partial charge in [0.1, 0.15) is 5.75 Å². The molecule has 19 heavy (non-hydrogen) atoms. The summed E-state index contributed by atoms with van der Waals surface area (Å²) in [5, 5.41) is 13.4. The third kappa shape index (κ3) is 3.71. The molecule has 2 N–H and O–H groups in total. The Labute approximate surface area is 116 Å². The smallest absolute Gasteiger partial charge is 0.119 e. The van der Waals surface area contributed by atoms with Crippen LogP contribution in [0.25, 0.3) is 0 Å². The van der Waals surface area contributed by atoms with Crippen LogP contribution >= 0.6 is 0 Å². The van der Waals surface area contributed by atoms with E-state index in [4.69, 9.17) is 4.74 Å². The molecule has 1 aliphatic carbocycles. The van der Waals surface area contributed by atoms with Crippen molar-refractivity contribution in [3.63, 3.8) is 0 Å². The highest BCUT2D eigenvalue weighted by atomic mass is 16.5. The van der Waals surface area contributed by atoms with Crippen molar-refractivity contribution in [3.8, 4) is 5.75 Å². The molecule has 2 atom stereocenters. The molecule has 0 heterocycles. The third-order valence-electron chi connectivity index (χ3n) is 3.77. The largest absolute Gasteiger partial charge is 0.497 e. The van der Waals surface area contributed by atoms with Crippen molar-refractivity contribution in [2.75, 3.05) is 13.7 Å². The van der Waals surface area contributed by atoms with Crippen molar-refractivity contribution in [2.24, 2.45) is 5.92 Å². The van der Waals surface area contributed by atoms with Crippen molar-refractivity contribution < 1.29 is 9.84 Å². The minimum absolute atomic E-state index is 0.255. The van der Waals surface area contributed by atoms with Crippen LogP contribution in [0, 0.1) is 5.92 Å². The van der Waals surface area contributed by atoms with Gasteiger partial charge in [-0.25, -0.2) is 0 Å². The zero-order chi connectivity index (χ0) is 13.8. The van der Waals surface area contributed by atoms with Crippen LogP contribution in [0.4, 0.5) is 0 Å². The topological polar surface area (TPSA) is 41.5 Å². The molecule has 106 valence electrons. The molecule has 0 saturated heterocycles. The fourth-order valence-corrected chi connectivity index (χ4v) is 2.83. The van der Waals surface area contributed by atoms with Crippen LogP contribution in [0.3, 0.4) is 0 Å². The first-order valence-corrected chi connectivity index (χ1v) is 7.18. The Hall–Kier alpha value is -1.06. The predicted molar refractivity (Wildman–Crippen MR) is 77.5 cm³/mol. The van der Waals surface area contributed by atoms with E-state index in [9.17, 15) is 5.11 Å². The zero-order valence-electron chi connectivity index (χ0n) is 12.1. The molecular weight excluding hydrogens is 238 g/mol. The Kier molecular flexibility index (Phi) is 4.83. The fraction of sp³-hybridized carbons (Fsp3) is 0.625. The molecule has 1 aromatic carbocycles. The first-order chi connectivity index (χ1) is 9.10. The number of ether oxygens (including phenoxy) is 1. The van der Waals surface area contributed by atoms with Crippen LogP contribution in [0.5, 0.6) is 5.75 Å². The van der Waals surface area contributed by atoms with Gasteiger partial charge in [-0.05, 0) is 48.4 Å². The van der Waals surface area contributed by atoms with E-state index in [-0.39, 0.29) is 6.10 Å². The molecule has 0 spiro atoms. The van der Waals surface area contributed by atoms with Gasteiger partial charge in [0.2, 0.25) is 0 Å². The van der Waals surface area contributed by atoms with Gasteiger partial charge in [-0.2, -0.15) is 0 Å². The number of methoxy groups -OCH3 is 1. The van der Waals surface area contributed by atoms with Gasteiger partial charge in [0.15, 0.2) is 0 Å². The lowest BCUT2D eigenvalue weighted by Crippen LogP contribution is -2.30. The maximum Gasteiger partial charge on any atom is 0.119 e. The highest BCUT2D eigenvalue weighted by Crippen LogP contribution is 2.33. The molecular formula is C16H25NO2. The van der Waals surface area contributed by atoms with Crippen LogP contribution in [-0.2, 0) is 6.42 Å². The van der Waals surface area contributed by atoms with E-state index in [0.29, 0.717) is 18.5 Å². The van der Waals surface area contributed by atoms with E-state index >= 15 is 0 Å². The van der Waals surface area contributed by atoms with Crippen molar-refractivity contribution >= 4 is 0 Å². The monoisotopic (exact) mass is 263 g/mol. The second-order valence-corrected chi connectivity index (χ2v) is 5.85. The van der Waals surface area contributed by atoms with Crippen molar-refractivity contribution in [1.29, 1.82) is 0 Å². The van der Waals surface area contributed by atoms with Gasteiger partial charge < -0.3 is 15.2 Å². The van der Waals surface area contributed by atoms with Crippen molar-refractivity contribution in [2.45, 2.75) is 45.3 Å². The molecule has 3 nitrogen and oxygen atoms in total. The third-order valence-corrected chi connectivity index (χ3v) is 3.77. The molecule has 3 heteroatoms. The number of rotatable bonds is 6. The number of benzene rings is 1. The van der Waals surface area contributed by atoms with Gasteiger partial charge >= 0.3 is 0 Å². The first-order valence-electron chi connectivity index (χ1n) is 7.18. The lowest BCUT2D eigenvalue weighted by molar-refractivity contribution is 0.142. The second kappa shape index (κ2) is 6.40. The van der Waals surface area contributed by atoms with Gasteiger partial charge in [0.25, 0.3) is 0 Å². The van der Waals surface area contributed by atoms with Gasteiger partial charge in [-0.3, -0.25) is 0 Å². The maximum absolute atomic E-state index is 9.94. The quantitative estimate of drug-likeness (QED) is 0.829. The van der Waals surface area contributed by atoms with E-state index in [0.717, 1.165) is 25.0 Å². The van der Waals surface area contributed by atoms with E-state index in [1.165, 1.54) is 11.1 Å². The normalized spacial score (nSPS) is 19.5. The lowest BCUT2D eigenvalue weighted by Gasteiger charge is -2.19. The molecule has 2 rings (SSSR count). The Balaban J connectivity index is 1.94. The van der Waals surface area contributed by atoms with Gasteiger partial charge in [-0.1, -0.05) is 19.9 Å². The number of nitrogens with one attached hydrogen (secondary N) is 1. The van der Waals surface area contributed by atoms with E-state index < -0.39 is 0 Å². The average molecular weight is 263 g/mol. The lowest BCUT2D eigenvalue weighted by atomic mass is 10.0. The van der Waals surface area contributed by atoms with Gasteiger partial charge in [0, 0.05) is 12.6 Å². The number of fused-ring (bicyclic) bond motifs is 1. The summed E-state index contributed by atoms with van der Waals surface area (Å²) in [5.74, 6) is 1.45. The van der Waals surface area contributed by atoms with Crippen LogP contribution in [0.2, 0.25) is 0 Å². The highest BCUT2D eigenvalue weighted by Gasteiger charge is 2.23. The zero-order valence-corrected chi connectivity index (χ0v) is 12.1. The number of hydrogen-bond donors (Lipinski definition) is 2. The van der Waals surface area contributed by atoms with Crippen LogP contribution in [0.1, 0.15) is 43.9 Å². The summed E-state index contributed by atoms with van der Waals surface area (Å²) >= 11 is 0. The number of aliphatic hydroxyl groups is 1. The van der Waals surface area contributed by atoms with Crippen molar-refractivity contribution in [3.05, 3.63) is 29.3 Å². The van der Waals surface area contributed by atoms with Crippen LogP contribution in [-0.4, -0.2) is 24.9 Å². The first kappa shape index (κ1) is 14.4. The minimum Gasteiger partial charge on any atom is -0.497 e. The Bertz CT molecular complexity index is 417. The summed E-state index contributed by atoms with van der Waals surface area (Å²) in [4.78, 5) is 0. The van der Waals surface area contributed by atoms with Crippen LogP contribution in [0.15, 0.2) is 18.2 Å². The molecule has 0 amide bonds. The molecule has 2 unspecified atom stereocenters. The summed E-state index contributed by atoms with van der Waals surface area (Å²) in [7, 11) is 1.70. The molecule has 1 aromatic rings. The molecule has 0 fully saturated rings. The summed E-state index contributed by atoms with van der Waals surface area (Å²) in [6, 6.07) is 6.65. The Morgan fingerprint density at radius 1 is 1.42 bits per heavy atom. The average Bonchev–Trinajstić information content (AvgIpc) is 2.77. The molecule has 0 bridgehead atoms. The summed E-state index contributed by atoms with van der Waals surface area (Å²) in [6.45, 7) is 4.94. The standard InChI is InChI=1S/C16H25NO2/c1-11(2)8-13(18)10-17-16-7-5-12-4-6-14(19-3)9-15(12)16/h4,6,9,11,13,16-18H,5,7-8,10H2,1-3H3. The Morgan fingerprint density at radius 2 is 2.21 bits per heavy atom. The number of aryl methyl sites for hydroxylation is 1. The van der Waals surface area contributed by atoms with Crippen LogP contribution < -0.4 is 10.1 Å². The maximum atomic E-state index is 9.94. The Morgan fingerprint density at radius 3 is 2.89 bits per heavy atom. The predicted octanol–water partition coefficient (Wildman–Crippen LogP) is 2.68. The molecule has 0 aromatic heterocycles. The number of hydrogen-bond acceptors (Lipinski definition) is 3. The fourth-order valence-electron chi connectivity index (χ4n) is 2.83. The van der Waals surface area contributed by atoms with E-state index in [1.807, 2.05) is 6.07 Å². The molecule has 0 radical (unpaired) electrons. The summed E-state index contributed by atoms with van der Waals surface area (Å²) < 4.78 is 5.29. The minimum atomic E-state index is -0.255.